The van der Waals surface area contributed by atoms with E-state index in [4.69, 9.17) is 4.98 Å². The number of aromatic nitrogens is 3. The number of carbonyl (C=O) groups is 2. The number of esters is 1. The average molecular weight is 316 g/mol. The number of nitrogens with one attached hydrogen (secondary N) is 1. The number of nitrogens with zero attached hydrogens (tertiary/aromatic N) is 3. The molecule has 7 heteroatoms. The van der Waals surface area contributed by atoms with Crippen LogP contribution in [0.25, 0.3) is 11.0 Å². The van der Waals surface area contributed by atoms with E-state index >= 15 is 0 Å². The van der Waals surface area contributed by atoms with Gasteiger partial charge in [0, 0.05) is 11.7 Å². The molecule has 2 aromatic rings. The summed E-state index contributed by atoms with van der Waals surface area (Å²) in [5.41, 5.74) is 3.26. The van der Waals surface area contributed by atoms with E-state index in [1.54, 1.807) is 6.20 Å². The number of ether oxygens (including phenoxy) is 1. The Morgan fingerprint density at radius 2 is 2.17 bits per heavy atom. The third-order valence-electron chi connectivity index (χ3n) is 4.11. The summed E-state index contributed by atoms with van der Waals surface area (Å²) in [5, 5.41) is 7.74. The fraction of sp³-hybridized carbons (Fsp3) is 0.500. The Bertz CT molecular complexity index is 779. The molecule has 0 atom stereocenters. The highest BCUT2D eigenvalue weighted by atomic mass is 16.5. The summed E-state index contributed by atoms with van der Waals surface area (Å²) < 4.78 is 6.39. The molecule has 0 bridgehead atoms. The first-order chi connectivity index (χ1) is 11.0. The molecule has 122 valence electrons. The van der Waals surface area contributed by atoms with Gasteiger partial charge in [0.2, 0.25) is 0 Å². The van der Waals surface area contributed by atoms with Crippen molar-refractivity contribution in [2.75, 3.05) is 13.7 Å². The highest BCUT2D eigenvalue weighted by molar-refractivity contribution is 6.07. The van der Waals surface area contributed by atoms with Crippen molar-refractivity contribution in [3.05, 3.63) is 23.0 Å². The lowest BCUT2D eigenvalue weighted by Gasteiger charge is -2.12. The maximum atomic E-state index is 12.6. The quantitative estimate of drug-likeness (QED) is 0.862. The summed E-state index contributed by atoms with van der Waals surface area (Å²) in [7, 11) is 1.30. The molecule has 0 aromatic carbocycles. The van der Waals surface area contributed by atoms with Crippen LogP contribution in [0.4, 0.5) is 0 Å². The highest BCUT2D eigenvalue weighted by Gasteiger charge is 2.26. The molecule has 7 nitrogen and oxygen atoms in total. The fourth-order valence-corrected chi connectivity index (χ4v) is 3.00. The summed E-state index contributed by atoms with van der Waals surface area (Å²) in [6.07, 6.45) is 4.37. The SMILES string of the molecule is COC(=O)CNC(=O)c1c2c(nc3c1cnn3C(C)C)CCC2. The first-order valence-corrected chi connectivity index (χ1v) is 7.77. The van der Waals surface area contributed by atoms with Gasteiger partial charge in [0.05, 0.1) is 24.3 Å². The van der Waals surface area contributed by atoms with E-state index in [-0.39, 0.29) is 18.5 Å². The Labute approximate surface area is 134 Å². The summed E-state index contributed by atoms with van der Waals surface area (Å²) in [5.74, 6) is -0.748. The lowest BCUT2D eigenvalue weighted by atomic mass is 10.0. The second-order valence-electron chi connectivity index (χ2n) is 5.94. The molecule has 0 saturated heterocycles. The molecule has 1 amide bonds. The fourth-order valence-electron chi connectivity index (χ4n) is 3.00. The molecular formula is C16H20N4O3. The zero-order valence-electron chi connectivity index (χ0n) is 13.5. The third-order valence-corrected chi connectivity index (χ3v) is 4.11. The molecule has 0 aliphatic heterocycles. The lowest BCUT2D eigenvalue weighted by Crippen LogP contribution is -2.31. The van der Waals surface area contributed by atoms with Crippen molar-refractivity contribution in [2.45, 2.75) is 39.2 Å². The predicted molar refractivity (Wildman–Crippen MR) is 84.3 cm³/mol. The Hall–Kier alpha value is -2.44. The molecule has 1 aliphatic rings. The van der Waals surface area contributed by atoms with Crippen LogP contribution in [0.15, 0.2) is 6.20 Å². The Morgan fingerprint density at radius 1 is 1.39 bits per heavy atom. The standard InChI is InChI=1S/C16H20N4O3/c1-9(2)20-15-11(7-18-20)14(10-5-4-6-12(10)19-15)16(22)17-8-13(21)23-3/h7,9H,4-6,8H2,1-3H3,(H,17,22). The van der Waals surface area contributed by atoms with Crippen molar-refractivity contribution in [1.29, 1.82) is 0 Å². The van der Waals surface area contributed by atoms with Crippen molar-refractivity contribution in [2.24, 2.45) is 0 Å². The number of methoxy groups -OCH3 is 1. The van der Waals surface area contributed by atoms with E-state index in [2.05, 4.69) is 15.2 Å². The monoisotopic (exact) mass is 316 g/mol. The van der Waals surface area contributed by atoms with Gasteiger partial charge in [-0.25, -0.2) is 9.67 Å². The summed E-state index contributed by atoms with van der Waals surface area (Å²) in [6, 6.07) is 0.158. The van der Waals surface area contributed by atoms with Gasteiger partial charge in [-0.15, -0.1) is 0 Å². The van der Waals surface area contributed by atoms with E-state index in [1.807, 2.05) is 18.5 Å². The minimum absolute atomic E-state index is 0.147. The van der Waals surface area contributed by atoms with Gasteiger partial charge in [-0.1, -0.05) is 0 Å². The molecule has 0 fully saturated rings. The maximum Gasteiger partial charge on any atom is 0.325 e. The third kappa shape index (κ3) is 2.67. The van der Waals surface area contributed by atoms with Gasteiger partial charge in [0.1, 0.15) is 6.54 Å². The molecule has 0 unspecified atom stereocenters. The largest absolute Gasteiger partial charge is 0.468 e. The van der Waals surface area contributed by atoms with E-state index in [0.717, 1.165) is 41.6 Å². The van der Waals surface area contributed by atoms with E-state index in [1.165, 1.54) is 7.11 Å². The topological polar surface area (TPSA) is 86.1 Å². The van der Waals surface area contributed by atoms with Crippen LogP contribution in [0.3, 0.4) is 0 Å². The number of carbonyl (C=O) groups excluding carboxylic acids is 2. The maximum absolute atomic E-state index is 12.6. The first-order valence-electron chi connectivity index (χ1n) is 7.77. The molecule has 1 aliphatic carbocycles. The number of rotatable bonds is 4. The normalized spacial score (nSPS) is 13.4. The second kappa shape index (κ2) is 5.98. The number of hydrogen-bond acceptors (Lipinski definition) is 5. The summed E-state index contributed by atoms with van der Waals surface area (Å²) in [4.78, 5) is 28.6. The predicted octanol–water partition coefficient (Wildman–Crippen LogP) is 1.40. The van der Waals surface area contributed by atoms with Crippen LogP contribution in [-0.2, 0) is 22.4 Å². The minimum atomic E-state index is -0.474. The van der Waals surface area contributed by atoms with Crippen molar-refractivity contribution in [3.63, 3.8) is 0 Å². The summed E-state index contributed by atoms with van der Waals surface area (Å²) in [6.45, 7) is 3.91. The molecule has 0 spiro atoms. The zero-order chi connectivity index (χ0) is 16.6. The first kappa shape index (κ1) is 15.5. The van der Waals surface area contributed by atoms with Crippen molar-refractivity contribution >= 4 is 22.9 Å². The van der Waals surface area contributed by atoms with Crippen molar-refractivity contribution in [3.8, 4) is 0 Å². The molecule has 23 heavy (non-hydrogen) atoms. The van der Waals surface area contributed by atoms with Crippen LogP contribution in [0.1, 0.15) is 47.9 Å². The lowest BCUT2D eigenvalue weighted by molar-refractivity contribution is -0.139. The van der Waals surface area contributed by atoms with Crippen LogP contribution < -0.4 is 5.32 Å². The highest BCUT2D eigenvalue weighted by Crippen LogP contribution is 2.30. The molecule has 3 rings (SSSR count). The number of amides is 1. The van der Waals surface area contributed by atoms with Gasteiger partial charge in [0.25, 0.3) is 5.91 Å². The van der Waals surface area contributed by atoms with Gasteiger partial charge >= 0.3 is 5.97 Å². The van der Waals surface area contributed by atoms with Crippen LogP contribution in [-0.4, -0.2) is 40.3 Å². The van der Waals surface area contributed by atoms with Crippen LogP contribution >= 0.6 is 0 Å². The number of aryl methyl sites for hydroxylation is 1. The smallest absolute Gasteiger partial charge is 0.325 e. The molecule has 0 radical (unpaired) electrons. The van der Waals surface area contributed by atoms with Gasteiger partial charge in [-0.3, -0.25) is 9.59 Å². The minimum Gasteiger partial charge on any atom is -0.468 e. The van der Waals surface area contributed by atoms with E-state index in [0.29, 0.717) is 5.56 Å². The van der Waals surface area contributed by atoms with Crippen molar-refractivity contribution in [1.82, 2.24) is 20.1 Å². The van der Waals surface area contributed by atoms with E-state index in [9.17, 15) is 9.59 Å². The van der Waals surface area contributed by atoms with Gasteiger partial charge in [-0.2, -0.15) is 5.10 Å². The van der Waals surface area contributed by atoms with Crippen LogP contribution in [0.2, 0.25) is 0 Å². The van der Waals surface area contributed by atoms with Gasteiger partial charge in [0.15, 0.2) is 5.65 Å². The van der Waals surface area contributed by atoms with Gasteiger partial charge < -0.3 is 10.1 Å². The average Bonchev–Trinajstić information content (AvgIpc) is 3.15. The molecular weight excluding hydrogens is 296 g/mol. The van der Waals surface area contributed by atoms with Crippen molar-refractivity contribution < 1.29 is 14.3 Å². The Kier molecular flexibility index (Phi) is 4.02. The van der Waals surface area contributed by atoms with Crippen LogP contribution in [0.5, 0.6) is 0 Å². The Morgan fingerprint density at radius 3 is 2.87 bits per heavy atom. The van der Waals surface area contributed by atoms with Crippen LogP contribution in [0, 0.1) is 0 Å². The van der Waals surface area contributed by atoms with E-state index < -0.39 is 5.97 Å². The Balaban J connectivity index is 2.07. The number of pyridine rings is 1. The number of fused-ring (bicyclic) bond motifs is 2. The molecule has 2 aromatic heterocycles. The number of hydrogen-bond donors (Lipinski definition) is 1. The molecule has 2 heterocycles. The second-order valence-corrected chi connectivity index (χ2v) is 5.94. The van der Waals surface area contributed by atoms with Gasteiger partial charge in [-0.05, 0) is 38.7 Å². The molecule has 1 N–H and O–H groups in total. The zero-order valence-corrected chi connectivity index (χ0v) is 13.5. The molecule has 0 saturated carbocycles. The summed E-state index contributed by atoms with van der Waals surface area (Å²) >= 11 is 0.